The van der Waals surface area contributed by atoms with E-state index in [1.807, 2.05) is 36.4 Å². The number of fused-ring (bicyclic) bond motifs is 1. The minimum Gasteiger partial charge on any atom is -0.448 e. The molecule has 2 heterocycles. The molecule has 2 aromatic carbocycles. The first-order chi connectivity index (χ1) is 12.2. The summed E-state index contributed by atoms with van der Waals surface area (Å²) in [6.45, 7) is 0. The van der Waals surface area contributed by atoms with Gasteiger partial charge in [-0.25, -0.2) is 0 Å². The van der Waals surface area contributed by atoms with Crippen LogP contribution in [0.5, 0.6) is 0 Å². The van der Waals surface area contributed by atoms with Crippen LogP contribution in [0.1, 0.15) is 26.5 Å². The number of amides is 2. The van der Waals surface area contributed by atoms with Crippen LogP contribution in [-0.4, -0.2) is 23.0 Å². The summed E-state index contributed by atoms with van der Waals surface area (Å²) in [4.78, 5) is 25.5. The number of rotatable bonds is 4. The van der Waals surface area contributed by atoms with E-state index in [1.165, 1.54) is 18.0 Å². The SMILES string of the molecule is O=C1c2ccccc2C(=O)N1/N=C\c1ccc(Sc2ccccc2)o1. The fourth-order valence-corrected chi connectivity index (χ4v) is 3.26. The average Bonchev–Trinajstić information content (AvgIpc) is 3.18. The molecule has 6 heteroatoms. The van der Waals surface area contributed by atoms with E-state index in [2.05, 4.69) is 5.10 Å². The van der Waals surface area contributed by atoms with Crippen molar-refractivity contribution in [2.24, 2.45) is 5.10 Å². The maximum absolute atomic E-state index is 12.2. The molecule has 0 aliphatic carbocycles. The number of carbonyl (C=O) groups excluding carboxylic acids is 2. The Labute approximate surface area is 148 Å². The van der Waals surface area contributed by atoms with Gasteiger partial charge in [0.1, 0.15) is 5.76 Å². The van der Waals surface area contributed by atoms with E-state index in [4.69, 9.17) is 4.42 Å². The van der Waals surface area contributed by atoms with Gasteiger partial charge in [-0.2, -0.15) is 10.1 Å². The van der Waals surface area contributed by atoms with Crippen LogP contribution in [0.3, 0.4) is 0 Å². The lowest BCUT2D eigenvalue weighted by Crippen LogP contribution is -2.23. The highest BCUT2D eigenvalue weighted by atomic mass is 32.2. The summed E-state index contributed by atoms with van der Waals surface area (Å²) in [5, 5.41) is 5.56. The summed E-state index contributed by atoms with van der Waals surface area (Å²) >= 11 is 1.48. The Morgan fingerprint density at radius 3 is 2.16 bits per heavy atom. The van der Waals surface area contributed by atoms with Gasteiger partial charge in [-0.15, -0.1) is 0 Å². The maximum Gasteiger partial charge on any atom is 0.282 e. The zero-order valence-corrected chi connectivity index (χ0v) is 13.8. The smallest absolute Gasteiger partial charge is 0.282 e. The highest BCUT2D eigenvalue weighted by molar-refractivity contribution is 7.99. The summed E-state index contributed by atoms with van der Waals surface area (Å²) in [6, 6.07) is 20.1. The predicted molar refractivity (Wildman–Crippen MR) is 93.8 cm³/mol. The normalized spacial score (nSPS) is 13.7. The second-order valence-electron chi connectivity index (χ2n) is 5.28. The molecule has 25 heavy (non-hydrogen) atoms. The van der Waals surface area contributed by atoms with E-state index in [0.29, 0.717) is 22.0 Å². The largest absolute Gasteiger partial charge is 0.448 e. The lowest BCUT2D eigenvalue weighted by Gasteiger charge is -2.04. The van der Waals surface area contributed by atoms with Gasteiger partial charge in [0.2, 0.25) is 0 Å². The Morgan fingerprint density at radius 2 is 1.48 bits per heavy atom. The molecule has 3 aromatic rings. The Morgan fingerprint density at radius 1 is 0.840 bits per heavy atom. The molecule has 0 saturated heterocycles. The van der Waals surface area contributed by atoms with Gasteiger partial charge in [0.05, 0.1) is 17.3 Å². The molecule has 0 bridgehead atoms. The third kappa shape index (κ3) is 2.99. The molecule has 122 valence electrons. The number of imide groups is 1. The van der Waals surface area contributed by atoms with Crippen molar-refractivity contribution in [3.63, 3.8) is 0 Å². The standard InChI is InChI=1S/C19H12N2O3S/c22-18-15-8-4-5-9-16(15)19(23)21(18)20-12-13-10-11-17(24-13)25-14-6-2-1-3-7-14/h1-12H/b20-12-. The molecule has 0 atom stereocenters. The van der Waals surface area contributed by atoms with Gasteiger partial charge in [0.25, 0.3) is 11.8 Å². The molecule has 5 nitrogen and oxygen atoms in total. The fourth-order valence-electron chi connectivity index (χ4n) is 2.46. The van der Waals surface area contributed by atoms with E-state index >= 15 is 0 Å². The number of hydrogen-bond acceptors (Lipinski definition) is 5. The van der Waals surface area contributed by atoms with Crippen LogP contribution in [0.25, 0.3) is 0 Å². The molecule has 0 N–H and O–H groups in total. The van der Waals surface area contributed by atoms with Crippen molar-refractivity contribution in [2.45, 2.75) is 9.99 Å². The van der Waals surface area contributed by atoms with Gasteiger partial charge in [-0.05, 0) is 36.4 Å². The van der Waals surface area contributed by atoms with Crippen molar-refractivity contribution >= 4 is 29.8 Å². The number of nitrogens with zero attached hydrogens (tertiary/aromatic N) is 2. The Balaban J connectivity index is 1.50. The average molecular weight is 348 g/mol. The first-order valence-corrected chi connectivity index (χ1v) is 8.38. The first-order valence-electron chi connectivity index (χ1n) is 7.57. The van der Waals surface area contributed by atoms with Crippen molar-refractivity contribution in [1.29, 1.82) is 0 Å². The monoisotopic (exact) mass is 348 g/mol. The molecule has 0 radical (unpaired) electrons. The number of hydrogen-bond donors (Lipinski definition) is 0. The fraction of sp³-hybridized carbons (Fsp3) is 0. The second kappa shape index (κ2) is 6.41. The molecule has 0 unspecified atom stereocenters. The lowest BCUT2D eigenvalue weighted by molar-refractivity contribution is 0.0660. The summed E-state index contributed by atoms with van der Waals surface area (Å²) in [5.41, 5.74) is 0.730. The molecule has 0 spiro atoms. The van der Waals surface area contributed by atoms with E-state index in [9.17, 15) is 9.59 Å². The van der Waals surface area contributed by atoms with Crippen LogP contribution in [0.15, 0.2) is 86.2 Å². The first kappa shape index (κ1) is 15.4. The lowest BCUT2D eigenvalue weighted by atomic mass is 10.1. The van der Waals surface area contributed by atoms with Gasteiger partial charge in [-0.3, -0.25) is 9.59 Å². The van der Waals surface area contributed by atoms with Crippen LogP contribution in [0, 0.1) is 0 Å². The molecular weight excluding hydrogens is 336 g/mol. The van der Waals surface area contributed by atoms with E-state index < -0.39 is 11.8 Å². The summed E-state index contributed by atoms with van der Waals surface area (Å²) in [5.74, 6) is -0.389. The molecule has 4 rings (SSSR count). The van der Waals surface area contributed by atoms with E-state index in [-0.39, 0.29) is 0 Å². The quantitative estimate of drug-likeness (QED) is 0.527. The maximum atomic E-state index is 12.2. The van der Waals surface area contributed by atoms with Crippen LogP contribution in [0.2, 0.25) is 0 Å². The molecule has 0 fully saturated rings. The molecular formula is C19H12N2O3S. The Bertz CT molecular complexity index is 944. The Kier molecular flexibility index (Phi) is 3.95. The van der Waals surface area contributed by atoms with Gasteiger partial charge in [0, 0.05) is 4.90 Å². The van der Waals surface area contributed by atoms with Crippen LogP contribution >= 0.6 is 11.8 Å². The van der Waals surface area contributed by atoms with Gasteiger partial charge < -0.3 is 4.42 Å². The third-order valence-electron chi connectivity index (χ3n) is 3.64. The van der Waals surface area contributed by atoms with Crippen LogP contribution in [-0.2, 0) is 0 Å². The predicted octanol–water partition coefficient (Wildman–Crippen LogP) is 4.06. The molecule has 1 aromatic heterocycles. The van der Waals surface area contributed by atoms with Crippen molar-refractivity contribution in [2.75, 3.05) is 0 Å². The third-order valence-corrected chi connectivity index (χ3v) is 4.57. The van der Waals surface area contributed by atoms with Crippen molar-refractivity contribution in [1.82, 2.24) is 5.01 Å². The van der Waals surface area contributed by atoms with Crippen molar-refractivity contribution in [3.8, 4) is 0 Å². The highest BCUT2D eigenvalue weighted by Crippen LogP contribution is 2.28. The zero-order chi connectivity index (χ0) is 17.2. The zero-order valence-electron chi connectivity index (χ0n) is 13.0. The minimum absolute atomic E-state index is 0.365. The molecule has 1 aliphatic rings. The van der Waals surface area contributed by atoms with Gasteiger partial charge >= 0.3 is 0 Å². The number of hydrazone groups is 1. The summed E-state index contributed by atoms with van der Waals surface area (Å²) < 4.78 is 5.66. The molecule has 0 saturated carbocycles. The number of benzene rings is 2. The van der Waals surface area contributed by atoms with Gasteiger partial charge in [-0.1, -0.05) is 42.1 Å². The van der Waals surface area contributed by atoms with Gasteiger partial charge in [0.15, 0.2) is 5.09 Å². The Hall–Kier alpha value is -3.12. The number of furan rings is 1. The van der Waals surface area contributed by atoms with Crippen molar-refractivity contribution < 1.29 is 14.0 Å². The topological polar surface area (TPSA) is 62.9 Å². The minimum atomic E-state index is -0.428. The van der Waals surface area contributed by atoms with Crippen LogP contribution in [0.4, 0.5) is 0 Å². The summed E-state index contributed by atoms with van der Waals surface area (Å²) in [6.07, 6.45) is 1.37. The molecule has 2 amide bonds. The van der Waals surface area contributed by atoms with E-state index in [0.717, 1.165) is 9.90 Å². The number of carbonyl (C=O) groups is 2. The van der Waals surface area contributed by atoms with Crippen LogP contribution < -0.4 is 0 Å². The van der Waals surface area contributed by atoms with Crippen molar-refractivity contribution in [3.05, 3.63) is 83.6 Å². The second-order valence-corrected chi connectivity index (χ2v) is 6.36. The highest BCUT2D eigenvalue weighted by Gasteiger charge is 2.35. The molecule has 1 aliphatic heterocycles. The van der Waals surface area contributed by atoms with E-state index in [1.54, 1.807) is 30.3 Å². The summed E-state index contributed by atoms with van der Waals surface area (Å²) in [7, 11) is 0.